The van der Waals surface area contributed by atoms with Gasteiger partial charge in [0.2, 0.25) is 0 Å². The van der Waals surface area contributed by atoms with E-state index in [4.69, 9.17) is 9.84 Å². The Kier molecular flexibility index (Phi) is 3.52. The van der Waals surface area contributed by atoms with Gasteiger partial charge in [0.05, 0.1) is 6.61 Å². The third-order valence-corrected chi connectivity index (χ3v) is 2.18. The zero-order valence-electron chi connectivity index (χ0n) is 9.09. The van der Waals surface area contributed by atoms with Gasteiger partial charge >= 0.3 is 6.09 Å². The van der Waals surface area contributed by atoms with Crippen molar-refractivity contribution in [3.05, 3.63) is 36.5 Å². The van der Waals surface area contributed by atoms with Gasteiger partial charge in [-0.3, -0.25) is 4.98 Å². The highest BCUT2D eigenvalue weighted by molar-refractivity contribution is 5.86. The van der Waals surface area contributed by atoms with Gasteiger partial charge < -0.3 is 15.2 Å². The molecule has 1 heterocycles. The van der Waals surface area contributed by atoms with E-state index in [-0.39, 0.29) is 13.2 Å². The van der Waals surface area contributed by atoms with Crippen LogP contribution in [0.5, 0.6) is 5.75 Å². The maximum atomic E-state index is 11.3. The van der Waals surface area contributed by atoms with Crippen molar-refractivity contribution in [3.63, 3.8) is 0 Å². The van der Waals surface area contributed by atoms with Gasteiger partial charge in [-0.05, 0) is 12.1 Å². The number of ether oxygens (including phenoxy) is 1. The quantitative estimate of drug-likeness (QED) is 0.837. The second-order valence-corrected chi connectivity index (χ2v) is 3.37. The Morgan fingerprint density at radius 1 is 1.35 bits per heavy atom. The molecule has 0 saturated heterocycles. The first-order chi connectivity index (χ1) is 8.31. The number of aliphatic hydroxyl groups is 1. The smallest absolute Gasteiger partial charge is 0.408 e. The third-order valence-electron chi connectivity index (χ3n) is 2.18. The van der Waals surface area contributed by atoms with Crippen molar-refractivity contribution in [3.8, 4) is 5.75 Å². The molecule has 0 aliphatic carbocycles. The fraction of sp³-hybridized carbons (Fsp3) is 0.167. The van der Waals surface area contributed by atoms with Gasteiger partial charge in [-0.15, -0.1) is 0 Å². The van der Waals surface area contributed by atoms with Crippen LogP contribution in [0, 0.1) is 0 Å². The number of aromatic nitrogens is 1. The van der Waals surface area contributed by atoms with Crippen molar-refractivity contribution in [2.75, 3.05) is 13.2 Å². The minimum atomic E-state index is -0.600. The van der Waals surface area contributed by atoms with Gasteiger partial charge in [-0.1, -0.05) is 18.2 Å². The normalized spacial score (nSPS) is 10.2. The molecule has 17 heavy (non-hydrogen) atoms. The van der Waals surface area contributed by atoms with E-state index in [1.807, 2.05) is 18.2 Å². The highest BCUT2D eigenvalue weighted by Gasteiger charge is 2.07. The van der Waals surface area contributed by atoms with Gasteiger partial charge in [0, 0.05) is 18.1 Å². The summed E-state index contributed by atoms with van der Waals surface area (Å²) >= 11 is 0. The van der Waals surface area contributed by atoms with E-state index in [0.29, 0.717) is 11.3 Å². The number of benzene rings is 1. The van der Waals surface area contributed by atoms with Crippen LogP contribution in [0.3, 0.4) is 0 Å². The number of pyridine rings is 1. The van der Waals surface area contributed by atoms with Crippen LogP contribution in [0.4, 0.5) is 4.79 Å². The number of hydrogen-bond donors (Lipinski definition) is 2. The molecule has 1 aromatic heterocycles. The Balaban J connectivity index is 2.21. The topological polar surface area (TPSA) is 71.5 Å². The Labute approximate surface area is 98.0 Å². The molecule has 1 aromatic carbocycles. The van der Waals surface area contributed by atoms with E-state index in [0.717, 1.165) is 5.39 Å². The largest absolute Gasteiger partial charge is 0.412 e. The first kappa shape index (κ1) is 11.3. The number of rotatable bonds is 3. The van der Waals surface area contributed by atoms with Crippen LogP contribution in [0.2, 0.25) is 0 Å². The molecule has 2 aromatic rings. The molecule has 5 nitrogen and oxygen atoms in total. The highest BCUT2D eigenvalue weighted by atomic mass is 16.6. The first-order valence-corrected chi connectivity index (χ1v) is 5.21. The summed E-state index contributed by atoms with van der Waals surface area (Å²) in [6.07, 6.45) is 1.04. The van der Waals surface area contributed by atoms with Crippen LogP contribution in [-0.4, -0.2) is 29.3 Å². The number of carbonyl (C=O) groups excluding carboxylic acids is 1. The molecule has 0 unspecified atom stereocenters. The van der Waals surface area contributed by atoms with Gasteiger partial charge in [0.15, 0.2) is 5.75 Å². The van der Waals surface area contributed by atoms with Crippen molar-refractivity contribution in [1.29, 1.82) is 0 Å². The zero-order chi connectivity index (χ0) is 12.1. The number of amides is 1. The van der Waals surface area contributed by atoms with Crippen LogP contribution >= 0.6 is 0 Å². The zero-order valence-corrected chi connectivity index (χ0v) is 9.09. The Morgan fingerprint density at radius 3 is 3.00 bits per heavy atom. The Morgan fingerprint density at radius 2 is 2.18 bits per heavy atom. The second-order valence-electron chi connectivity index (χ2n) is 3.37. The molecular formula is C12H12N2O3. The minimum Gasteiger partial charge on any atom is -0.408 e. The predicted molar refractivity (Wildman–Crippen MR) is 62.9 cm³/mol. The molecular weight excluding hydrogens is 220 g/mol. The van der Waals surface area contributed by atoms with E-state index in [1.54, 1.807) is 18.3 Å². The molecule has 1 amide bonds. The molecule has 2 rings (SSSR count). The van der Waals surface area contributed by atoms with Crippen molar-refractivity contribution < 1.29 is 14.6 Å². The summed E-state index contributed by atoms with van der Waals surface area (Å²) < 4.78 is 5.11. The Hall–Kier alpha value is -2.14. The molecule has 0 fully saturated rings. The summed E-state index contributed by atoms with van der Waals surface area (Å²) in [5.41, 5.74) is 0.633. The van der Waals surface area contributed by atoms with Crippen molar-refractivity contribution in [1.82, 2.24) is 10.3 Å². The summed E-state index contributed by atoms with van der Waals surface area (Å²) in [5.74, 6) is 0.401. The molecule has 0 spiro atoms. The average Bonchev–Trinajstić information content (AvgIpc) is 2.37. The van der Waals surface area contributed by atoms with Crippen LogP contribution in [0.1, 0.15) is 0 Å². The summed E-state index contributed by atoms with van der Waals surface area (Å²) in [5, 5.41) is 11.9. The minimum absolute atomic E-state index is 0.122. The second kappa shape index (κ2) is 5.27. The summed E-state index contributed by atoms with van der Waals surface area (Å²) in [7, 11) is 0. The molecule has 0 radical (unpaired) electrons. The summed E-state index contributed by atoms with van der Waals surface area (Å²) in [6.45, 7) is 0.0416. The van der Waals surface area contributed by atoms with Crippen LogP contribution in [-0.2, 0) is 0 Å². The number of carbonyl (C=O) groups is 1. The van der Waals surface area contributed by atoms with Crippen LogP contribution in [0.15, 0.2) is 36.5 Å². The lowest BCUT2D eigenvalue weighted by Gasteiger charge is -2.07. The monoisotopic (exact) mass is 232 g/mol. The highest BCUT2D eigenvalue weighted by Crippen LogP contribution is 2.22. The van der Waals surface area contributed by atoms with E-state index in [2.05, 4.69) is 10.3 Å². The molecule has 2 N–H and O–H groups in total. The maximum Gasteiger partial charge on any atom is 0.412 e. The van der Waals surface area contributed by atoms with E-state index >= 15 is 0 Å². The number of para-hydroxylation sites is 1. The fourth-order valence-electron chi connectivity index (χ4n) is 1.45. The molecule has 0 atom stereocenters. The van der Waals surface area contributed by atoms with E-state index < -0.39 is 6.09 Å². The number of hydrogen-bond acceptors (Lipinski definition) is 4. The maximum absolute atomic E-state index is 11.3. The average molecular weight is 232 g/mol. The lowest BCUT2D eigenvalue weighted by Crippen LogP contribution is -2.29. The number of fused-ring (bicyclic) bond motifs is 1. The SMILES string of the molecule is O=C(NCCO)Oc1cccc2cccnc12. The predicted octanol–water partition coefficient (Wildman–Crippen LogP) is 1.32. The molecule has 0 saturated carbocycles. The number of nitrogens with one attached hydrogen (secondary N) is 1. The first-order valence-electron chi connectivity index (χ1n) is 5.21. The van der Waals surface area contributed by atoms with Crippen molar-refractivity contribution >= 4 is 17.0 Å². The van der Waals surface area contributed by atoms with Crippen molar-refractivity contribution in [2.45, 2.75) is 0 Å². The fourth-order valence-corrected chi connectivity index (χ4v) is 1.45. The summed E-state index contributed by atoms with van der Waals surface area (Å²) in [4.78, 5) is 15.5. The van der Waals surface area contributed by atoms with Gasteiger partial charge in [-0.2, -0.15) is 0 Å². The molecule has 0 bridgehead atoms. The van der Waals surface area contributed by atoms with Gasteiger partial charge in [0.1, 0.15) is 5.52 Å². The van der Waals surface area contributed by atoms with E-state index in [1.165, 1.54) is 0 Å². The van der Waals surface area contributed by atoms with Crippen molar-refractivity contribution in [2.24, 2.45) is 0 Å². The molecule has 0 aliphatic heterocycles. The summed E-state index contributed by atoms with van der Waals surface area (Å²) in [6, 6.07) is 9.06. The van der Waals surface area contributed by atoms with Crippen LogP contribution < -0.4 is 10.1 Å². The van der Waals surface area contributed by atoms with E-state index in [9.17, 15) is 4.79 Å². The number of nitrogens with zero attached hydrogens (tertiary/aromatic N) is 1. The third kappa shape index (κ3) is 2.70. The molecule has 0 aliphatic rings. The lowest BCUT2D eigenvalue weighted by molar-refractivity contribution is 0.196. The number of aliphatic hydroxyl groups excluding tert-OH is 1. The van der Waals surface area contributed by atoms with Gasteiger partial charge in [-0.25, -0.2) is 4.79 Å². The lowest BCUT2D eigenvalue weighted by atomic mass is 10.2. The standard InChI is InChI=1S/C12H12N2O3/c15-8-7-14-12(16)17-10-5-1-3-9-4-2-6-13-11(9)10/h1-6,15H,7-8H2,(H,14,16). The van der Waals surface area contributed by atoms with Gasteiger partial charge in [0.25, 0.3) is 0 Å². The molecule has 88 valence electrons. The Bertz CT molecular complexity index is 523. The van der Waals surface area contributed by atoms with Crippen LogP contribution in [0.25, 0.3) is 10.9 Å². The molecule has 5 heteroatoms.